The Balaban J connectivity index is 1.60. The lowest BCUT2D eigenvalue weighted by Crippen LogP contribution is -2.51. The number of hydrogen-bond acceptors (Lipinski definition) is 2. The molecule has 0 atom stereocenters. The molecule has 0 spiro atoms. The molecule has 0 aromatic heterocycles. The number of benzene rings is 2. The van der Waals surface area contributed by atoms with Crippen LogP contribution in [0, 0.1) is 11.6 Å². The molecule has 1 heterocycles. The molecule has 0 unspecified atom stereocenters. The highest BCUT2D eigenvalue weighted by molar-refractivity contribution is 6.31. The van der Waals surface area contributed by atoms with Crippen molar-refractivity contribution >= 4 is 23.4 Å². The largest absolute Gasteiger partial charge is 0.339 e. The fourth-order valence-corrected chi connectivity index (χ4v) is 3.16. The summed E-state index contributed by atoms with van der Waals surface area (Å²) in [4.78, 5) is 28.0. The van der Waals surface area contributed by atoms with Crippen LogP contribution in [0.3, 0.4) is 0 Å². The second-order valence-corrected chi connectivity index (χ2v) is 6.47. The molecule has 0 bridgehead atoms. The third-order valence-corrected chi connectivity index (χ3v) is 4.73. The summed E-state index contributed by atoms with van der Waals surface area (Å²) >= 11 is 5.96. The lowest BCUT2D eigenvalue weighted by Gasteiger charge is -2.35. The highest BCUT2D eigenvalue weighted by atomic mass is 35.5. The van der Waals surface area contributed by atoms with Crippen LogP contribution in [0.15, 0.2) is 42.5 Å². The van der Waals surface area contributed by atoms with Gasteiger partial charge in [0.25, 0.3) is 5.91 Å². The van der Waals surface area contributed by atoms with Crippen molar-refractivity contribution in [2.75, 3.05) is 26.2 Å². The zero-order chi connectivity index (χ0) is 18.7. The number of amides is 2. The van der Waals surface area contributed by atoms with Crippen LogP contribution < -0.4 is 0 Å². The van der Waals surface area contributed by atoms with Gasteiger partial charge in [0.05, 0.1) is 6.42 Å². The summed E-state index contributed by atoms with van der Waals surface area (Å²) in [7, 11) is 0. The molecule has 2 amide bonds. The first-order valence-corrected chi connectivity index (χ1v) is 8.59. The molecule has 1 saturated heterocycles. The van der Waals surface area contributed by atoms with Crippen LogP contribution in [0.2, 0.25) is 5.02 Å². The number of rotatable bonds is 3. The minimum Gasteiger partial charge on any atom is -0.339 e. The van der Waals surface area contributed by atoms with Crippen molar-refractivity contribution < 1.29 is 18.4 Å². The molecule has 0 saturated carbocycles. The van der Waals surface area contributed by atoms with Gasteiger partial charge in [0.1, 0.15) is 11.6 Å². The first-order valence-electron chi connectivity index (χ1n) is 8.21. The van der Waals surface area contributed by atoms with Gasteiger partial charge in [-0.25, -0.2) is 8.78 Å². The quantitative estimate of drug-likeness (QED) is 0.823. The van der Waals surface area contributed by atoms with Crippen molar-refractivity contribution in [3.8, 4) is 0 Å². The second kappa shape index (κ2) is 7.83. The number of hydrogen-bond donors (Lipinski definition) is 0. The van der Waals surface area contributed by atoms with Gasteiger partial charge >= 0.3 is 0 Å². The SMILES string of the molecule is O=C(Cc1c(F)cccc1Cl)N1CCN(C(=O)c2cccc(F)c2)CC1. The van der Waals surface area contributed by atoms with Gasteiger partial charge in [-0.15, -0.1) is 0 Å². The summed E-state index contributed by atoms with van der Waals surface area (Å²) in [5.41, 5.74) is 0.459. The minimum atomic E-state index is -0.509. The molecule has 3 rings (SSSR count). The topological polar surface area (TPSA) is 40.6 Å². The maximum Gasteiger partial charge on any atom is 0.254 e. The summed E-state index contributed by atoms with van der Waals surface area (Å²) in [6, 6.07) is 9.82. The van der Waals surface area contributed by atoms with E-state index in [-0.39, 0.29) is 34.4 Å². The molecule has 1 fully saturated rings. The predicted octanol–water partition coefficient (Wildman–Crippen LogP) is 3.15. The molecule has 136 valence electrons. The zero-order valence-corrected chi connectivity index (χ0v) is 14.7. The van der Waals surface area contributed by atoms with Gasteiger partial charge in [-0.2, -0.15) is 0 Å². The number of piperazine rings is 1. The Labute approximate surface area is 155 Å². The first-order chi connectivity index (χ1) is 12.5. The molecule has 1 aliphatic heterocycles. The summed E-state index contributed by atoms with van der Waals surface area (Å²) in [5.74, 6) is -1.49. The molecule has 0 N–H and O–H groups in total. The van der Waals surface area contributed by atoms with Gasteiger partial charge in [-0.3, -0.25) is 9.59 Å². The summed E-state index contributed by atoms with van der Waals surface area (Å²) < 4.78 is 27.1. The molecular weight excluding hydrogens is 362 g/mol. The van der Waals surface area contributed by atoms with Gasteiger partial charge in [0.2, 0.25) is 5.91 Å². The van der Waals surface area contributed by atoms with E-state index in [1.807, 2.05) is 0 Å². The molecule has 1 aliphatic rings. The van der Waals surface area contributed by atoms with E-state index in [1.165, 1.54) is 30.3 Å². The van der Waals surface area contributed by atoms with Crippen molar-refractivity contribution in [2.45, 2.75) is 6.42 Å². The van der Waals surface area contributed by atoms with Gasteiger partial charge in [-0.1, -0.05) is 23.7 Å². The molecular formula is C19H17ClF2N2O2. The zero-order valence-electron chi connectivity index (χ0n) is 13.9. The lowest BCUT2D eigenvalue weighted by molar-refractivity contribution is -0.132. The Hall–Kier alpha value is -2.47. The van der Waals surface area contributed by atoms with Crippen molar-refractivity contribution in [3.63, 3.8) is 0 Å². The first kappa shape index (κ1) is 18.3. The fourth-order valence-electron chi connectivity index (χ4n) is 2.93. The van der Waals surface area contributed by atoms with Gasteiger partial charge in [0, 0.05) is 42.3 Å². The highest BCUT2D eigenvalue weighted by Gasteiger charge is 2.26. The van der Waals surface area contributed by atoms with Crippen molar-refractivity contribution in [2.24, 2.45) is 0 Å². The second-order valence-electron chi connectivity index (χ2n) is 6.06. The molecule has 0 aliphatic carbocycles. The van der Waals surface area contributed by atoms with Crippen LogP contribution in [-0.2, 0) is 11.2 Å². The fraction of sp³-hybridized carbons (Fsp3) is 0.263. The Morgan fingerprint density at radius 3 is 2.27 bits per heavy atom. The van der Waals surface area contributed by atoms with E-state index in [0.717, 1.165) is 0 Å². The third kappa shape index (κ3) is 4.02. The van der Waals surface area contributed by atoms with Gasteiger partial charge in [-0.05, 0) is 30.3 Å². The Bertz CT molecular complexity index is 816. The Kier molecular flexibility index (Phi) is 5.52. The standard InChI is InChI=1S/C19H17ClF2N2O2/c20-16-5-2-6-17(22)15(16)12-18(25)23-7-9-24(10-8-23)19(26)13-3-1-4-14(21)11-13/h1-6,11H,7-10,12H2. The number of carbonyl (C=O) groups is 2. The Morgan fingerprint density at radius 2 is 1.62 bits per heavy atom. The summed E-state index contributed by atoms with van der Waals surface area (Å²) in [6.07, 6.45) is -0.122. The number of carbonyl (C=O) groups excluding carboxylic acids is 2. The summed E-state index contributed by atoms with van der Waals surface area (Å²) in [5, 5.41) is 0.221. The van der Waals surface area contributed by atoms with E-state index in [0.29, 0.717) is 26.2 Å². The lowest BCUT2D eigenvalue weighted by atomic mass is 10.1. The van der Waals surface area contributed by atoms with Crippen molar-refractivity contribution in [1.82, 2.24) is 9.80 Å². The van der Waals surface area contributed by atoms with Crippen LogP contribution in [0.5, 0.6) is 0 Å². The van der Waals surface area contributed by atoms with Crippen molar-refractivity contribution in [1.29, 1.82) is 0 Å². The average molecular weight is 379 g/mol. The Morgan fingerprint density at radius 1 is 0.962 bits per heavy atom. The van der Waals surface area contributed by atoms with Crippen LogP contribution in [0.25, 0.3) is 0 Å². The molecule has 0 radical (unpaired) electrons. The molecule has 2 aromatic rings. The molecule has 26 heavy (non-hydrogen) atoms. The van der Waals surface area contributed by atoms with E-state index >= 15 is 0 Å². The monoisotopic (exact) mass is 378 g/mol. The van der Waals surface area contributed by atoms with Crippen LogP contribution in [0.4, 0.5) is 8.78 Å². The van der Waals surface area contributed by atoms with Crippen molar-refractivity contribution in [3.05, 3.63) is 70.2 Å². The van der Waals surface area contributed by atoms with E-state index in [4.69, 9.17) is 11.6 Å². The highest BCUT2D eigenvalue weighted by Crippen LogP contribution is 2.20. The average Bonchev–Trinajstić information content (AvgIpc) is 2.64. The smallest absolute Gasteiger partial charge is 0.254 e. The van der Waals surface area contributed by atoms with E-state index in [9.17, 15) is 18.4 Å². The minimum absolute atomic E-state index is 0.122. The molecule has 7 heteroatoms. The molecule has 4 nitrogen and oxygen atoms in total. The molecule has 2 aromatic carbocycles. The maximum absolute atomic E-state index is 13.8. The van der Waals surface area contributed by atoms with E-state index < -0.39 is 11.6 Å². The van der Waals surface area contributed by atoms with Gasteiger partial charge < -0.3 is 9.80 Å². The summed E-state index contributed by atoms with van der Waals surface area (Å²) in [6.45, 7) is 1.36. The van der Waals surface area contributed by atoms with E-state index in [2.05, 4.69) is 0 Å². The predicted molar refractivity (Wildman–Crippen MR) is 94.0 cm³/mol. The normalized spacial score (nSPS) is 14.4. The van der Waals surface area contributed by atoms with Crippen LogP contribution in [0.1, 0.15) is 15.9 Å². The number of halogens is 3. The third-order valence-electron chi connectivity index (χ3n) is 4.38. The van der Waals surface area contributed by atoms with Gasteiger partial charge in [0.15, 0.2) is 0 Å². The maximum atomic E-state index is 13.8. The van der Waals surface area contributed by atoms with Crippen LogP contribution in [-0.4, -0.2) is 47.8 Å². The van der Waals surface area contributed by atoms with E-state index in [1.54, 1.807) is 21.9 Å². The number of nitrogens with zero attached hydrogens (tertiary/aromatic N) is 2. The van der Waals surface area contributed by atoms with Crippen LogP contribution >= 0.6 is 11.6 Å².